The predicted octanol–water partition coefficient (Wildman–Crippen LogP) is 3.67. The largest absolute Gasteiger partial charge is 0.478 e. The molecule has 2 atom stereocenters. The number of carbonyl (C=O) groups is 2. The van der Waals surface area contributed by atoms with Crippen molar-refractivity contribution in [3.8, 4) is 5.75 Å². The van der Waals surface area contributed by atoms with Gasteiger partial charge in [0.15, 0.2) is 0 Å². The quantitative estimate of drug-likeness (QED) is 0.640. The zero-order chi connectivity index (χ0) is 21.1. The molecule has 3 aromatic rings. The van der Waals surface area contributed by atoms with Crippen molar-refractivity contribution in [1.82, 2.24) is 9.88 Å². The lowest BCUT2D eigenvalue weighted by Crippen LogP contribution is -2.62. The van der Waals surface area contributed by atoms with Gasteiger partial charge >= 0.3 is 0 Å². The number of para-hydroxylation sites is 1. The number of hydrogen-bond acceptors (Lipinski definition) is 4. The van der Waals surface area contributed by atoms with Crippen molar-refractivity contribution >= 4 is 17.5 Å². The maximum Gasteiger partial charge on any atom is 0.267 e. The van der Waals surface area contributed by atoms with Crippen molar-refractivity contribution in [2.24, 2.45) is 0 Å². The number of aryl methyl sites for hydroxylation is 2. The number of amides is 2. The number of carbonyl (C=O) groups excluding carboxylic acids is 2. The van der Waals surface area contributed by atoms with Gasteiger partial charge in [0.05, 0.1) is 0 Å². The lowest BCUT2D eigenvalue weighted by atomic mass is 9.91. The van der Waals surface area contributed by atoms with Crippen LogP contribution in [0.25, 0.3) is 0 Å². The number of anilines is 1. The molecule has 0 saturated carbocycles. The molecule has 0 bridgehead atoms. The van der Waals surface area contributed by atoms with Gasteiger partial charge in [-0.25, -0.2) is 0 Å². The minimum absolute atomic E-state index is 0.0482. The molecule has 1 saturated heterocycles. The normalized spacial score (nSPS) is 17.9. The van der Waals surface area contributed by atoms with Crippen molar-refractivity contribution in [1.29, 1.82) is 0 Å². The molecule has 1 aliphatic heterocycles. The molecule has 1 aliphatic rings. The Morgan fingerprint density at radius 1 is 1.03 bits per heavy atom. The molecule has 6 nitrogen and oxygen atoms in total. The van der Waals surface area contributed by atoms with Crippen molar-refractivity contribution in [3.63, 3.8) is 0 Å². The summed E-state index contributed by atoms with van der Waals surface area (Å²) >= 11 is 0. The Morgan fingerprint density at radius 3 is 2.37 bits per heavy atom. The Labute approximate surface area is 175 Å². The second-order valence-electron chi connectivity index (χ2n) is 7.47. The molecule has 2 amide bonds. The highest BCUT2D eigenvalue weighted by molar-refractivity contribution is 5.98. The van der Waals surface area contributed by atoms with E-state index in [1.165, 1.54) is 0 Å². The van der Waals surface area contributed by atoms with Crippen molar-refractivity contribution < 1.29 is 14.3 Å². The van der Waals surface area contributed by atoms with Crippen LogP contribution in [0, 0.1) is 13.8 Å². The fourth-order valence-electron chi connectivity index (χ4n) is 3.77. The van der Waals surface area contributed by atoms with E-state index in [-0.39, 0.29) is 24.4 Å². The molecule has 1 N–H and O–H groups in total. The smallest absolute Gasteiger partial charge is 0.267 e. The highest BCUT2D eigenvalue weighted by atomic mass is 16.5. The number of benzene rings is 2. The van der Waals surface area contributed by atoms with Gasteiger partial charge in [-0.05, 0) is 66.9 Å². The van der Waals surface area contributed by atoms with Gasteiger partial charge in [-0.2, -0.15) is 0 Å². The number of nitrogens with one attached hydrogen (secondary N) is 1. The van der Waals surface area contributed by atoms with E-state index in [0.29, 0.717) is 5.75 Å². The summed E-state index contributed by atoms with van der Waals surface area (Å²) in [7, 11) is 0. The number of nitrogens with zero attached hydrogens (tertiary/aromatic N) is 2. The Balaban J connectivity index is 1.51. The van der Waals surface area contributed by atoms with Crippen LogP contribution in [-0.4, -0.2) is 34.3 Å². The first-order chi connectivity index (χ1) is 14.5. The van der Waals surface area contributed by atoms with E-state index < -0.39 is 6.10 Å². The molecule has 0 spiro atoms. The molecular weight excluding hydrogens is 378 g/mol. The molecule has 0 radical (unpaired) electrons. The molecule has 2 heterocycles. The standard InChI is InChI=1S/C24H23N3O3/c1-16-12-17(2)14-19(13-16)26-21(28)15-27-22(18-8-10-25-11-9-18)23(24(27)29)30-20-6-4-3-5-7-20/h3-14,22-23H,15H2,1-2H3,(H,26,28). The van der Waals surface area contributed by atoms with Gasteiger partial charge in [-0.1, -0.05) is 24.3 Å². The highest BCUT2D eigenvalue weighted by Gasteiger charge is 2.50. The van der Waals surface area contributed by atoms with Crippen LogP contribution < -0.4 is 10.1 Å². The summed E-state index contributed by atoms with van der Waals surface area (Å²) in [6, 6.07) is 18.4. The fraction of sp³-hybridized carbons (Fsp3) is 0.208. The van der Waals surface area contributed by atoms with Crippen LogP contribution in [0.4, 0.5) is 5.69 Å². The molecule has 2 aromatic carbocycles. The number of rotatable bonds is 6. The van der Waals surface area contributed by atoms with Crippen LogP contribution in [0.1, 0.15) is 22.7 Å². The molecular formula is C24H23N3O3. The van der Waals surface area contributed by atoms with Crippen molar-refractivity contribution in [2.45, 2.75) is 26.0 Å². The number of hydrogen-bond donors (Lipinski definition) is 1. The van der Waals surface area contributed by atoms with Crippen LogP contribution in [0.5, 0.6) is 5.75 Å². The zero-order valence-corrected chi connectivity index (χ0v) is 16.9. The van der Waals surface area contributed by atoms with E-state index in [1.54, 1.807) is 17.3 Å². The molecule has 0 aliphatic carbocycles. The molecule has 2 unspecified atom stereocenters. The van der Waals surface area contributed by atoms with E-state index in [4.69, 9.17) is 4.74 Å². The molecule has 1 fully saturated rings. The maximum absolute atomic E-state index is 12.9. The van der Waals surface area contributed by atoms with Gasteiger partial charge in [0.1, 0.15) is 18.3 Å². The number of pyridine rings is 1. The lowest BCUT2D eigenvalue weighted by molar-refractivity contribution is -0.165. The Morgan fingerprint density at radius 2 is 1.70 bits per heavy atom. The summed E-state index contributed by atoms with van der Waals surface area (Å²) in [6.07, 6.45) is 2.67. The maximum atomic E-state index is 12.9. The van der Waals surface area contributed by atoms with E-state index in [9.17, 15) is 9.59 Å². The molecule has 30 heavy (non-hydrogen) atoms. The summed E-state index contributed by atoms with van der Waals surface area (Å²) in [5.74, 6) is 0.163. The van der Waals surface area contributed by atoms with Crippen molar-refractivity contribution in [2.75, 3.05) is 11.9 Å². The zero-order valence-electron chi connectivity index (χ0n) is 16.9. The third kappa shape index (κ3) is 4.17. The molecule has 152 valence electrons. The Hall–Kier alpha value is -3.67. The average molecular weight is 401 g/mol. The van der Waals surface area contributed by atoms with E-state index in [2.05, 4.69) is 10.3 Å². The van der Waals surface area contributed by atoms with Crippen LogP contribution in [0.3, 0.4) is 0 Å². The minimum Gasteiger partial charge on any atom is -0.478 e. The third-order valence-electron chi connectivity index (χ3n) is 5.02. The van der Waals surface area contributed by atoms with Gasteiger partial charge in [-0.15, -0.1) is 0 Å². The highest BCUT2D eigenvalue weighted by Crippen LogP contribution is 2.37. The van der Waals surface area contributed by atoms with Gasteiger partial charge in [0.2, 0.25) is 12.0 Å². The number of likely N-dealkylation sites (tertiary alicyclic amines) is 1. The molecule has 6 heteroatoms. The van der Waals surface area contributed by atoms with Crippen LogP contribution >= 0.6 is 0 Å². The van der Waals surface area contributed by atoms with E-state index in [1.807, 2.05) is 74.5 Å². The lowest BCUT2D eigenvalue weighted by Gasteiger charge is -2.46. The fourth-order valence-corrected chi connectivity index (χ4v) is 3.77. The van der Waals surface area contributed by atoms with E-state index in [0.717, 1.165) is 22.4 Å². The SMILES string of the molecule is Cc1cc(C)cc(NC(=O)CN2C(=O)C(Oc3ccccc3)C2c2ccncc2)c1. The van der Waals surface area contributed by atoms with Gasteiger partial charge in [0, 0.05) is 18.1 Å². The van der Waals surface area contributed by atoms with Crippen molar-refractivity contribution in [3.05, 3.63) is 89.7 Å². The second-order valence-corrected chi connectivity index (χ2v) is 7.47. The second kappa shape index (κ2) is 8.37. The summed E-state index contributed by atoms with van der Waals surface area (Å²) in [4.78, 5) is 31.1. The summed E-state index contributed by atoms with van der Waals surface area (Å²) in [5.41, 5.74) is 3.74. The predicted molar refractivity (Wildman–Crippen MR) is 114 cm³/mol. The molecule has 4 rings (SSSR count). The first-order valence-corrected chi connectivity index (χ1v) is 9.81. The van der Waals surface area contributed by atoms with E-state index >= 15 is 0 Å². The van der Waals surface area contributed by atoms with Gasteiger partial charge in [-0.3, -0.25) is 14.6 Å². The number of β-lactam (4-membered cyclic amide) rings is 1. The number of ether oxygens (including phenoxy) is 1. The summed E-state index contributed by atoms with van der Waals surface area (Å²) < 4.78 is 5.95. The van der Waals surface area contributed by atoms with Crippen LogP contribution in [0.2, 0.25) is 0 Å². The molecule has 1 aromatic heterocycles. The van der Waals surface area contributed by atoms with Crippen LogP contribution in [0.15, 0.2) is 73.1 Å². The first-order valence-electron chi connectivity index (χ1n) is 9.81. The number of aromatic nitrogens is 1. The topological polar surface area (TPSA) is 71.5 Å². The Bertz CT molecular complexity index is 1030. The first kappa shape index (κ1) is 19.6. The Kier molecular flexibility index (Phi) is 5.48. The average Bonchev–Trinajstić information content (AvgIpc) is 2.73. The van der Waals surface area contributed by atoms with Gasteiger partial charge < -0.3 is 15.0 Å². The minimum atomic E-state index is -0.677. The summed E-state index contributed by atoms with van der Waals surface area (Å²) in [6.45, 7) is 3.91. The van der Waals surface area contributed by atoms with Crippen LogP contribution in [-0.2, 0) is 9.59 Å². The van der Waals surface area contributed by atoms with Gasteiger partial charge in [0.25, 0.3) is 5.91 Å². The third-order valence-corrected chi connectivity index (χ3v) is 5.02. The summed E-state index contributed by atoms with van der Waals surface area (Å²) in [5, 5.41) is 2.89. The monoisotopic (exact) mass is 401 g/mol.